The normalized spacial score (nSPS) is 15.2. The molecule has 0 amide bonds. The zero-order valence-corrected chi connectivity index (χ0v) is 20.7. The summed E-state index contributed by atoms with van der Waals surface area (Å²) in [5.41, 5.74) is 1.89. The van der Waals surface area contributed by atoms with E-state index in [0.717, 1.165) is 5.56 Å². The number of benzene rings is 2. The number of methoxy groups -OCH3 is 1. The van der Waals surface area contributed by atoms with Gasteiger partial charge >= 0.3 is 11.9 Å². The highest BCUT2D eigenvalue weighted by Crippen LogP contribution is 2.32. The second-order valence-electron chi connectivity index (χ2n) is 7.83. The Morgan fingerprint density at radius 2 is 1.92 bits per heavy atom. The van der Waals surface area contributed by atoms with Gasteiger partial charge in [-0.25, -0.2) is 14.6 Å². The fourth-order valence-corrected chi connectivity index (χ4v) is 4.92. The molecule has 186 valence electrons. The van der Waals surface area contributed by atoms with Crippen molar-refractivity contribution in [1.29, 1.82) is 0 Å². The molecule has 0 spiro atoms. The van der Waals surface area contributed by atoms with Crippen molar-refractivity contribution in [3.05, 3.63) is 90.6 Å². The van der Waals surface area contributed by atoms with Crippen LogP contribution in [-0.4, -0.2) is 41.9 Å². The first kappa shape index (κ1) is 24.9. The van der Waals surface area contributed by atoms with E-state index in [1.54, 1.807) is 69.5 Å². The summed E-state index contributed by atoms with van der Waals surface area (Å²) in [6.45, 7) is 3.20. The minimum Gasteiger partial charge on any atom is -0.497 e. The number of carbonyl (C=O) groups is 2. The molecular formula is C26H24N2O7S. The lowest BCUT2D eigenvalue weighted by Gasteiger charge is -2.25. The minimum atomic E-state index is -1.07. The number of rotatable bonds is 8. The minimum absolute atomic E-state index is 0.192. The molecule has 0 aliphatic carbocycles. The van der Waals surface area contributed by atoms with Crippen LogP contribution in [0.2, 0.25) is 0 Å². The summed E-state index contributed by atoms with van der Waals surface area (Å²) in [6.07, 6.45) is 1.72. The molecule has 1 N–H and O–H groups in total. The van der Waals surface area contributed by atoms with Crippen LogP contribution >= 0.6 is 11.3 Å². The topological polar surface area (TPSA) is 116 Å². The molecule has 0 bridgehead atoms. The number of hydrogen-bond acceptors (Lipinski definition) is 8. The molecule has 3 aromatic rings. The van der Waals surface area contributed by atoms with Crippen molar-refractivity contribution >= 4 is 29.4 Å². The van der Waals surface area contributed by atoms with E-state index in [0.29, 0.717) is 37.7 Å². The monoisotopic (exact) mass is 508 g/mol. The van der Waals surface area contributed by atoms with Crippen molar-refractivity contribution in [1.82, 2.24) is 4.57 Å². The zero-order valence-electron chi connectivity index (χ0n) is 19.9. The molecule has 0 unspecified atom stereocenters. The quantitative estimate of drug-likeness (QED) is 0.464. The SMILES string of the molecule is CCOC(=O)C1=C(C)N=c2s/c(=C/c3ccc(OCC(=O)O)cc3)c(=O)n2[C@H]1c1cccc(OC)c1. The molecule has 0 saturated heterocycles. The van der Waals surface area contributed by atoms with E-state index in [4.69, 9.17) is 19.3 Å². The van der Waals surface area contributed by atoms with Crippen molar-refractivity contribution in [3.8, 4) is 11.5 Å². The summed E-state index contributed by atoms with van der Waals surface area (Å²) < 4.78 is 17.8. The standard InChI is InChI=1S/C26H24N2O7S/c1-4-34-25(32)22-15(2)27-26-28(23(22)17-6-5-7-19(13-17)33-3)24(31)20(36-26)12-16-8-10-18(11-9-16)35-14-21(29)30/h5-13,23H,4,14H2,1-3H3,(H,29,30)/b20-12+/t23-/m0/s1. The highest BCUT2D eigenvalue weighted by molar-refractivity contribution is 7.07. The van der Waals surface area contributed by atoms with Crippen molar-refractivity contribution in [2.45, 2.75) is 19.9 Å². The lowest BCUT2D eigenvalue weighted by atomic mass is 9.95. The molecule has 1 aromatic heterocycles. The maximum absolute atomic E-state index is 13.6. The van der Waals surface area contributed by atoms with Crippen LogP contribution in [0.5, 0.6) is 11.5 Å². The van der Waals surface area contributed by atoms with E-state index in [1.807, 2.05) is 6.07 Å². The number of fused-ring (bicyclic) bond motifs is 1. The third kappa shape index (κ3) is 5.08. The zero-order chi connectivity index (χ0) is 25.8. The maximum atomic E-state index is 13.6. The highest BCUT2D eigenvalue weighted by Gasteiger charge is 2.33. The number of aromatic nitrogens is 1. The smallest absolute Gasteiger partial charge is 0.341 e. The number of hydrogen-bond donors (Lipinski definition) is 1. The van der Waals surface area contributed by atoms with Crippen LogP contribution in [0, 0.1) is 0 Å². The Morgan fingerprint density at radius 3 is 2.58 bits per heavy atom. The molecule has 0 radical (unpaired) electrons. The Labute approximate surface area is 210 Å². The maximum Gasteiger partial charge on any atom is 0.341 e. The van der Waals surface area contributed by atoms with Crippen molar-refractivity contribution in [3.63, 3.8) is 0 Å². The summed E-state index contributed by atoms with van der Waals surface area (Å²) in [4.78, 5) is 42.3. The number of aliphatic carboxylic acids is 1. The van der Waals surface area contributed by atoms with Crippen LogP contribution in [0.15, 0.2) is 69.6 Å². The van der Waals surface area contributed by atoms with E-state index >= 15 is 0 Å². The van der Waals surface area contributed by atoms with Crippen LogP contribution in [0.3, 0.4) is 0 Å². The fourth-order valence-electron chi connectivity index (χ4n) is 3.88. The van der Waals surface area contributed by atoms with E-state index < -0.39 is 24.6 Å². The molecule has 0 fully saturated rings. The fraction of sp³-hybridized carbons (Fsp3) is 0.231. The lowest BCUT2D eigenvalue weighted by molar-refractivity contribution is -0.140. The summed E-state index contributed by atoms with van der Waals surface area (Å²) in [6, 6.07) is 13.2. The third-order valence-corrected chi connectivity index (χ3v) is 6.45. The average Bonchev–Trinajstić information content (AvgIpc) is 3.17. The number of carboxylic acid groups (broad SMARTS) is 1. The van der Waals surface area contributed by atoms with E-state index in [2.05, 4.69) is 4.99 Å². The number of carbonyl (C=O) groups excluding carboxylic acids is 1. The largest absolute Gasteiger partial charge is 0.497 e. The first-order valence-corrected chi connectivity index (χ1v) is 11.9. The second-order valence-corrected chi connectivity index (χ2v) is 8.84. The molecule has 2 heterocycles. The van der Waals surface area contributed by atoms with Crippen LogP contribution in [-0.2, 0) is 14.3 Å². The number of thiazole rings is 1. The van der Waals surface area contributed by atoms with Gasteiger partial charge in [-0.05, 0) is 55.3 Å². The summed E-state index contributed by atoms with van der Waals surface area (Å²) in [5.74, 6) is -0.595. The van der Waals surface area contributed by atoms with Gasteiger partial charge < -0.3 is 19.3 Å². The number of carboxylic acids is 1. The molecule has 1 atom stereocenters. The Balaban J connectivity index is 1.82. The lowest BCUT2D eigenvalue weighted by Crippen LogP contribution is -2.39. The Kier molecular flexibility index (Phi) is 7.35. The number of nitrogens with zero attached hydrogens (tertiary/aromatic N) is 2. The van der Waals surface area contributed by atoms with Crippen LogP contribution < -0.4 is 24.4 Å². The van der Waals surface area contributed by atoms with Gasteiger partial charge in [0.2, 0.25) is 0 Å². The predicted molar refractivity (Wildman–Crippen MR) is 133 cm³/mol. The van der Waals surface area contributed by atoms with Crippen LogP contribution in [0.25, 0.3) is 6.08 Å². The van der Waals surface area contributed by atoms with Gasteiger partial charge in [0.25, 0.3) is 5.56 Å². The van der Waals surface area contributed by atoms with Crippen molar-refractivity contribution in [2.75, 3.05) is 20.3 Å². The molecule has 10 heteroatoms. The van der Waals surface area contributed by atoms with Gasteiger partial charge in [0.05, 0.1) is 35.6 Å². The van der Waals surface area contributed by atoms with Gasteiger partial charge in [-0.1, -0.05) is 35.6 Å². The molecule has 0 saturated carbocycles. The molecule has 2 aromatic carbocycles. The number of allylic oxidation sites excluding steroid dienone is 1. The van der Waals surface area contributed by atoms with Crippen LogP contribution in [0.4, 0.5) is 0 Å². The Bertz CT molecular complexity index is 1520. The Hall–Kier alpha value is -4.18. The highest BCUT2D eigenvalue weighted by atomic mass is 32.1. The van der Waals surface area contributed by atoms with E-state index in [-0.39, 0.29) is 12.2 Å². The van der Waals surface area contributed by atoms with E-state index in [9.17, 15) is 14.4 Å². The van der Waals surface area contributed by atoms with Gasteiger partial charge in [-0.15, -0.1) is 0 Å². The van der Waals surface area contributed by atoms with Crippen molar-refractivity contribution < 1.29 is 28.9 Å². The molecule has 4 rings (SSSR count). The van der Waals surface area contributed by atoms with Gasteiger partial charge in [0.1, 0.15) is 11.5 Å². The first-order chi connectivity index (χ1) is 17.3. The average molecular weight is 509 g/mol. The van der Waals surface area contributed by atoms with Gasteiger partial charge in [0, 0.05) is 0 Å². The molecule has 1 aliphatic heterocycles. The van der Waals surface area contributed by atoms with Crippen molar-refractivity contribution in [2.24, 2.45) is 4.99 Å². The van der Waals surface area contributed by atoms with Gasteiger partial charge in [0.15, 0.2) is 11.4 Å². The second kappa shape index (κ2) is 10.6. The number of esters is 1. The Morgan fingerprint density at radius 1 is 1.17 bits per heavy atom. The molecule has 1 aliphatic rings. The first-order valence-electron chi connectivity index (χ1n) is 11.1. The summed E-state index contributed by atoms with van der Waals surface area (Å²) >= 11 is 1.22. The predicted octanol–water partition coefficient (Wildman–Crippen LogP) is 2.27. The summed E-state index contributed by atoms with van der Waals surface area (Å²) in [5, 5.41) is 8.75. The molecule has 9 nitrogen and oxygen atoms in total. The van der Waals surface area contributed by atoms with Gasteiger partial charge in [-0.3, -0.25) is 9.36 Å². The number of ether oxygens (including phenoxy) is 3. The molecule has 36 heavy (non-hydrogen) atoms. The van der Waals surface area contributed by atoms with Gasteiger partial charge in [-0.2, -0.15) is 0 Å². The molecular weight excluding hydrogens is 484 g/mol. The third-order valence-electron chi connectivity index (χ3n) is 5.47. The summed E-state index contributed by atoms with van der Waals surface area (Å²) in [7, 11) is 1.55. The van der Waals surface area contributed by atoms with E-state index in [1.165, 1.54) is 15.9 Å². The van der Waals surface area contributed by atoms with Crippen LogP contribution in [0.1, 0.15) is 31.0 Å².